The standard InChI is InChI=1S/C6H12N2O/c7-6(8)4-5(6)2-1-3-9/h1,3,5,9H,2,4,7-8H2/b3-1+. The van der Waals surface area contributed by atoms with Crippen LogP contribution in [-0.2, 0) is 0 Å². The number of rotatable bonds is 2. The molecule has 0 spiro atoms. The van der Waals surface area contributed by atoms with Crippen molar-refractivity contribution in [2.75, 3.05) is 0 Å². The highest BCUT2D eigenvalue weighted by Crippen LogP contribution is 2.38. The van der Waals surface area contributed by atoms with E-state index in [-0.39, 0.29) is 0 Å². The van der Waals surface area contributed by atoms with Crippen molar-refractivity contribution in [3.63, 3.8) is 0 Å². The maximum Gasteiger partial charge on any atom is 0.0751 e. The molecule has 1 atom stereocenters. The van der Waals surface area contributed by atoms with E-state index in [1.165, 1.54) is 0 Å². The number of allylic oxidation sites excluding steroid dienone is 1. The quantitative estimate of drug-likeness (QED) is 0.364. The highest BCUT2D eigenvalue weighted by molar-refractivity contribution is 5.05. The van der Waals surface area contributed by atoms with Crippen molar-refractivity contribution >= 4 is 0 Å². The summed E-state index contributed by atoms with van der Waals surface area (Å²) in [5.74, 6) is 0.376. The van der Waals surface area contributed by atoms with Gasteiger partial charge in [0.15, 0.2) is 0 Å². The molecule has 1 aliphatic rings. The van der Waals surface area contributed by atoms with Crippen LogP contribution in [0.15, 0.2) is 12.3 Å². The van der Waals surface area contributed by atoms with Gasteiger partial charge in [0.2, 0.25) is 0 Å². The molecule has 0 aromatic rings. The summed E-state index contributed by atoms with van der Waals surface area (Å²) >= 11 is 0. The van der Waals surface area contributed by atoms with Crippen molar-refractivity contribution < 1.29 is 5.11 Å². The summed E-state index contributed by atoms with van der Waals surface area (Å²) in [7, 11) is 0. The molecule has 52 valence electrons. The summed E-state index contributed by atoms with van der Waals surface area (Å²) in [5, 5.41) is 8.25. The Morgan fingerprint density at radius 2 is 2.22 bits per heavy atom. The zero-order chi connectivity index (χ0) is 6.91. The number of aliphatic hydroxyl groups is 1. The second-order valence-corrected chi connectivity index (χ2v) is 2.63. The summed E-state index contributed by atoms with van der Waals surface area (Å²) in [6.07, 6.45) is 4.38. The van der Waals surface area contributed by atoms with Gasteiger partial charge >= 0.3 is 0 Å². The molecule has 0 aromatic heterocycles. The van der Waals surface area contributed by atoms with E-state index in [4.69, 9.17) is 16.6 Å². The van der Waals surface area contributed by atoms with Crippen molar-refractivity contribution in [3.05, 3.63) is 12.3 Å². The van der Waals surface area contributed by atoms with E-state index in [0.717, 1.165) is 19.1 Å². The van der Waals surface area contributed by atoms with E-state index in [2.05, 4.69) is 0 Å². The Bertz CT molecular complexity index is 131. The van der Waals surface area contributed by atoms with E-state index < -0.39 is 5.66 Å². The zero-order valence-corrected chi connectivity index (χ0v) is 5.25. The van der Waals surface area contributed by atoms with Crippen molar-refractivity contribution in [2.24, 2.45) is 17.4 Å². The SMILES string of the molecule is NC1(N)CC1C/C=C/O. The Balaban J connectivity index is 2.20. The minimum Gasteiger partial charge on any atom is -0.516 e. The third-order valence-corrected chi connectivity index (χ3v) is 1.73. The molecule has 1 unspecified atom stereocenters. The van der Waals surface area contributed by atoms with Crippen LogP contribution in [0.5, 0.6) is 0 Å². The fourth-order valence-electron chi connectivity index (χ4n) is 0.896. The lowest BCUT2D eigenvalue weighted by molar-refractivity contribution is 0.468. The van der Waals surface area contributed by atoms with E-state index in [9.17, 15) is 0 Å². The lowest BCUT2D eigenvalue weighted by atomic mass is 10.2. The van der Waals surface area contributed by atoms with Gasteiger partial charge in [0.1, 0.15) is 0 Å². The topological polar surface area (TPSA) is 72.3 Å². The van der Waals surface area contributed by atoms with Gasteiger partial charge in [-0.3, -0.25) is 0 Å². The average Bonchev–Trinajstić information content (AvgIpc) is 2.35. The fourth-order valence-corrected chi connectivity index (χ4v) is 0.896. The van der Waals surface area contributed by atoms with Gasteiger partial charge in [-0.05, 0) is 24.8 Å². The fraction of sp³-hybridized carbons (Fsp3) is 0.667. The van der Waals surface area contributed by atoms with E-state index in [1.807, 2.05) is 0 Å². The molecular formula is C6H12N2O. The molecule has 0 saturated heterocycles. The van der Waals surface area contributed by atoms with Crippen LogP contribution in [0.3, 0.4) is 0 Å². The third kappa shape index (κ3) is 1.43. The second kappa shape index (κ2) is 2.01. The predicted octanol–water partition coefficient (Wildman–Crippen LogP) is 0.0818. The number of aliphatic hydroxyl groups excluding tert-OH is 1. The minimum absolute atomic E-state index is 0.376. The smallest absolute Gasteiger partial charge is 0.0751 e. The van der Waals surface area contributed by atoms with Gasteiger partial charge in [-0.1, -0.05) is 0 Å². The summed E-state index contributed by atoms with van der Waals surface area (Å²) in [6.45, 7) is 0. The molecule has 0 amide bonds. The summed E-state index contributed by atoms with van der Waals surface area (Å²) in [6, 6.07) is 0. The molecule has 1 fully saturated rings. The van der Waals surface area contributed by atoms with Crippen molar-refractivity contribution in [1.82, 2.24) is 0 Å². The first-order valence-electron chi connectivity index (χ1n) is 3.04. The number of hydrogen-bond donors (Lipinski definition) is 3. The maximum atomic E-state index is 8.25. The van der Waals surface area contributed by atoms with Crippen LogP contribution in [0.2, 0.25) is 0 Å². The highest BCUT2D eigenvalue weighted by Gasteiger charge is 2.46. The Kier molecular flexibility index (Phi) is 1.47. The summed E-state index contributed by atoms with van der Waals surface area (Å²) in [5.41, 5.74) is 10.6. The van der Waals surface area contributed by atoms with Crippen LogP contribution < -0.4 is 11.5 Å². The van der Waals surface area contributed by atoms with Crippen molar-refractivity contribution in [1.29, 1.82) is 0 Å². The van der Waals surface area contributed by atoms with Crippen LogP contribution in [0, 0.1) is 5.92 Å². The minimum atomic E-state index is -0.445. The van der Waals surface area contributed by atoms with Crippen LogP contribution in [0.1, 0.15) is 12.8 Å². The van der Waals surface area contributed by atoms with Gasteiger partial charge in [0.05, 0.1) is 11.9 Å². The van der Waals surface area contributed by atoms with Crippen LogP contribution in [0.4, 0.5) is 0 Å². The Labute approximate surface area is 54.3 Å². The monoisotopic (exact) mass is 128 g/mol. The second-order valence-electron chi connectivity index (χ2n) is 2.63. The van der Waals surface area contributed by atoms with E-state index in [0.29, 0.717) is 5.92 Å². The Morgan fingerprint density at radius 3 is 2.56 bits per heavy atom. The molecule has 9 heavy (non-hydrogen) atoms. The normalized spacial score (nSPS) is 31.1. The van der Waals surface area contributed by atoms with Crippen LogP contribution >= 0.6 is 0 Å². The first-order valence-corrected chi connectivity index (χ1v) is 3.04. The summed E-state index contributed by atoms with van der Waals surface area (Å²) in [4.78, 5) is 0. The Hall–Kier alpha value is -0.540. The zero-order valence-electron chi connectivity index (χ0n) is 5.25. The van der Waals surface area contributed by atoms with Gasteiger partial charge < -0.3 is 16.6 Å². The maximum absolute atomic E-state index is 8.25. The average molecular weight is 128 g/mol. The number of nitrogens with two attached hydrogens (primary N) is 2. The largest absolute Gasteiger partial charge is 0.516 e. The molecule has 0 aromatic carbocycles. The van der Waals surface area contributed by atoms with Crippen molar-refractivity contribution in [2.45, 2.75) is 18.5 Å². The molecule has 5 N–H and O–H groups in total. The molecule has 0 heterocycles. The van der Waals surface area contributed by atoms with Gasteiger partial charge in [0, 0.05) is 0 Å². The molecule has 1 aliphatic carbocycles. The van der Waals surface area contributed by atoms with Crippen LogP contribution in [-0.4, -0.2) is 10.8 Å². The lowest BCUT2D eigenvalue weighted by Crippen LogP contribution is -2.35. The first kappa shape index (κ1) is 6.58. The van der Waals surface area contributed by atoms with E-state index >= 15 is 0 Å². The summed E-state index contributed by atoms with van der Waals surface area (Å²) < 4.78 is 0. The van der Waals surface area contributed by atoms with Gasteiger partial charge in [0.25, 0.3) is 0 Å². The molecule has 0 aliphatic heterocycles. The van der Waals surface area contributed by atoms with Gasteiger partial charge in [-0.25, -0.2) is 0 Å². The highest BCUT2D eigenvalue weighted by atomic mass is 16.2. The molecule has 3 heteroatoms. The van der Waals surface area contributed by atoms with Gasteiger partial charge in [-0.2, -0.15) is 0 Å². The number of hydrogen-bond acceptors (Lipinski definition) is 3. The lowest BCUT2D eigenvalue weighted by Gasteiger charge is -1.98. The van der Waals surface area contributed by atoms with Gasteiger partial charge in [-0.15, -0.1) is 0 Å². The van der Waals surface area contributed by atoms with Crippen LogP contribution in [0.25, 0.3) is 0 Å². The molecular weight excluding hydrogens is 116 g/mol. The molecule has 0 radical (unpaired) electrons. The molecule has 0 bridgehead atoms. The third-order valence-electron chi connectivity index (χ3n) is 1.73. The molecule has 3 nitrogen and oxygen atoms in total. The Morgan fingerprint density at radius 1 is 1.67 bits per heavy atom. The predicted molar refractivity (Wildman–Crippen MR) is 35.6 cm³/mol. The molecule has 1 saturated carbocycles. The van der Waals surface area contributed by atoms with E-state index in [1.54, 1.807) is 6.08 Å². The van der Waals surface area contributed by atoms with Crippen molar-refractivity contribution in [3.8, 4) is 0 Å². The first-order chi connectivity index (χ1) is 4.17. The molecule has 1 rings (SSSR count).